The number of hydrogen-bond donors (Lipinski definition) is 1. The Hall–Kier alpha value is -3.16. The van der Waals surface area contributed by atoms with Crippen molar-refractivity contribution < 1.29 is 14.3 Å². The summed E-state index contributed by atoms with van der Waals surface area (Å²) in [7, 11) is 0. The summed E-state index contributed by atoms with van der Waals surface area (Å²) in [6, 6.07) is 29.0. The number of benzene rings is 4. The number of nitrogens with zero attached hydrogens (tertiary/aromatic N) is 1. The van der Waals surface area contributed by atoms with Crippen LogP contribution in [0.25, 0.3) is 10.8 Å². The van der Waals surface area contributed by atoms with Crippen LogP contribution in [0, 0.1) is 0 Å². The maximum atomic E-state index is 13.9. The van der Waals surface area contributed by atoms with E-state index < -0.39 is 6.04 Å². The van der Waals surface area contributed by atoms with Gasteiger partial charge in [-0.2, -0.15) is 0 Å². The van der Waals surface area contributed by atoms with Crippen molar-refractivity contribution in [2.45, 2.75) is 50.7 Å². The van der Waals surface area contributed by atoms with E-state index >= 15 is 0 Å². The topological polar surface area (TPSA) is 58.6 Å². The van der Waals surface area contributed by atoms with Gasteiger partial charge < -0.3 is 15.0 Å². The Balaban J connectivity index is 1.43. The maximum absolute atomic E-state index is 13.9. The summed E-state index contributed by atoms with van der Waals surface area (Å²) in [6.45, 7) is 0.100. The van der Waals surface area contributed by atoms with Gasteiger partial charge in [-0.3, -0.25) is 9.59 Å². The molecule has 1 fully saturated rings. The minimum absolute atomic E-state index is 0.119. The van der Waals surface area contributed by atoms with E-state index in [2.05, 4.69) is 37.2 Å². The first-order valence-corrected chi connectivity index (χ1v) is 15.2. The second-order valence-electron chi connectivity index (χ2n) is 10.2. The van der Waals surface area contributed by atoms with Crippen molar-refractivity contribution in [3.05, 3.63) is 111 Å². The molecule has 5 rings (SSSR count). The predicted octanol–water partition coefficient (Wildman–Crippen LogP) is 7.44. The van der Waals surface area contributed by atoms with Gasteiger partial charge >= 0.3 is 0 Å². The molecule has 5 nitrogen and oxygen atoms in total. The van der Waals surface area contributed by atoms with Gasteiger partial charge in [0.25, 0.3) is 5.91 Å². The number of carbonyl (C=O) groups is 2. The fourth-order valence-corrected chi connectivity index (χ4v) is 6.36. The van der Waals surface area contributed by atoms with Gasteiger partial charge in [0.2, 0.25) is 5.91 Å². The van der Waals surface area contributed by atoms with Crippen molar-refractivity contribution in [1.82, 2.24) is 10.2 Å². The second-order valence-corrected chi connectivity index (χ2v) is 11.9. The molecule has 1 saturated carbocycles. The molecule has 0 bridgehead atoms. The van der Waals surface area contributed by atoms with Gasteiger partial charge in [0, 0.05) is 23.5 Å². The van der Waals surface area contributed by atoms with Crippen LogP contribution in [-0.4, -0.2) is 35.4 Å². The van der Waals surface area contributed by atoms with E-state index in [0.717, 1.165) is 56.5 Å². The Morgan fingerprint density at radius 3 is 2.38 bits per heavy atom. The first-order chi connectivity index (χ1) is 19.5. The van der Waals surface area contributed by atoms with Crippen molar-refractivity contribution in [3.8, 4) is 5.75 Å². The molecule has 4 aromatic carbocycles. The van der Waals surface area contributed by atoms with Crippen LogP contribution in [0.15, 0.2) is 99.9 Å². The fraction of sp³-hybridized carbons (Fsp3) is 0.273. The smallest absolute Gasteiger partial charge is 0.261 e. The van der Waals surface area contributed by atoms with Crippen LogP contribution < -0.4 is 10.1 Å². The Kier molecular flexibility index (Phi) is 9.55. The van der Waals surface area contributed by atoms with Crippen LogP contribution in [0.4, 0.5) is 0 Å². The van der Waals surface area contributed by atoms with Gasteiger partial charge in [-0.1, -0.05) is 102 Å². The standard InChI is InChI=1S/C33H32Br2N2O3/c34-26-13-8-11-24(19-26)21-37(31(38)22-40-30-18-17-25-12-4-7-16-28(25)32(30)35)29(20-23-9-2-1-3-10-23)33(39)36-27-14-5-6-15-27/h1-4,7-13,16-19,27,29H,5-6,14-15,20-22H2,(H,36,39)/t29-/m0/s1. The van der Waals surface area contributed by atoms with E-state index in [9.17, 15) is 9.59 Å². The molecule has 0 unspecified atom stereocenters. The van der Waals surface area contributed by atoms with E-state index in [1.54, 1.807) is 4.90 Å². The quantitative estimate of drug-likeness (QED) is 0.192. The number of amides is 2. The van der Waals surface area contributed by atoms with E-state index in [-0.39, 0.29) is 31.0 Å². The SMILES string of the molecule is O=C(NC1CCCC1)[C@H](Cc1ccccc1)N(Cc1cccc(Br)c1)C(=O)COc1ccc2ccccc2c1Br. The molecule has 0 heterocycles. The molecule has 206 valence electrons. The van der Waals surface area contributed by atoms with Crippen molar-refractivity contribution in [3.63, 3.8) is 0 Å². The summed E-state index contributed by atoms with van der Waals surface area (Å²) in [4.78, 5) is 29.4. The van der Waals surface area contributed by atoms with Crippen molar-refractivity contribution in [1.29, 1.82) is 0 Å². The highest BCUT2D eigenvalue weighted by molar-refractivity contribution is 9.11. The molecule has 2 amide bonds. The van der Waals surface area contributed by atoms with Crippen LogP contribution in [0.1, 0.15) is 36.8 Å². The molecule has 0 aliphatic heterocycles. The molecule has 0 aromatic heterocycles. The molecule has 1 aliphatic rings. The summed E-state index contributed by atoms with van der Waals surface area (Å²) in [5.41, 5.74) is 1.93. The molecule has 1 atom stereocenters. The largest absolute Gasteiger partial charge is 0.483 e. The van der Waals surface area contributed by atoms with Crippen LogP contribution >= 0.6 is 31.9 Å². The molecule has 1 aliphatic carbocycles. The van der Waals surface area contributed by atoms with E-state index in [1.165, 1.54) is 0 Å². The fourth-order valence-electron chi connectivity index (χ4n) is 5.30. The van der Waals surface area contributed by atoms with Crippen LogP contribution in [0.3, 0.4) is 0 Å². The van der Waals surface area contributed by atoms with Gasteiger partial charge in [0.15, 0.2) is 6.61 Å². The van der Waals surface area contributed by atoms with Gasteiger partial charge in [0.05, 0.1) is 4.47 Å². The van der Waals surface area contributed by atoms with Gasteiger partial charge in [-0.05, 0) is 68.9 Å². The number of nitrogens with one attached hydrogen (secondary N) is 1. The number of carbonyl (C=O) groups excluding carboxylic acids is 2. The van der Waals surface area contributed by atoms with E-state index in [4.69, 9.17) is 4.74 Å². The summed E-state index contributed by atoms with van der Waals surface area (Å²) < 4.78 is 7.81. The van der Waals surface area contributed by atoms with E-state index in [1.807, 2.05) is 91.0 Å². The van der Waals surface area contributed by atoms with Crippen molar-refractivity contribution >= 4 is 54.4 Å². The molecule has 0 radical (unpaired) electrons. The lowest BCUT2D eigenvalue weighted by Crippen LogP contribution is -2.53. The Labute approximate surface area is 252 Å². The predicted molar refractivity (Wildman–Crippen MR) is 166 cm³/mol. The first kappa shape index (κ1) is 28.4. The number of fused-ring (bicyclic) bond motifs is 1. The lowest BCUT2D eigenvalue weighted by molar-refractivity contribution is -0.143. The molecule has 0 spiro atoms. The molecule has 40 heavy (non-hydrogen) atoms. The average molecular weight is 664 g/mol. The van der Waals surface area contributed by atoms with Crippen LogP contribution in [-0.2, 0) is 22.6 Å². The minimum Gasteiger partial charge on any atom is -0.483 e. The van der Waals surface area contributed by atoms with Gasteiger partial charge in [-0.15, -0.1) is 0 Å². The van der Waals surface area contributed by atoms with Crippen LogP contribution in [0.2, 0.25) is 0 Å². The molecule has 4 aromatic rings. The molecular weight excluding hydrogens is 632 g/mol. The number of halogens is 2. The molecule has 7 heteroatoms. The summed E-state index contributed by atoms with van der Waals surface area (Å²) in [5, 5.41) is 5.33. The highest BCUT2D eigenvalue weighted by atomic mass is 79.9. The molecular formula is C33H32Br2N2O3. The van der Waals surface area contributed by atoms with Crippen LogP contribution in [0.5, 0.6) is 5.75 Å². The third kappa shape index (κ3) is 7.12. The number of hydrogen-bond acceptors (Lipinski definition) is 3. The zero-order chi connectivity index (χ0) is 27.9. The maximum Gasteiger partial charge on any atom is 0.261 e. The summed E-state index contributed by atoms with van der Waals surface area (Å²) >= 11 is 7.20. The van der Waals surface area contributed by atoms with Crippen molar-refractivity contribution in [2.24, 2.45) is 0 Å². The van der Waals surface area contributed by atoms with E-state index in [0.29, 0.717) is 12.2 Å². The molecule has 1 N–H and O–H groups in total. The highest BCUT2D eigenvalue weighted by Gasteiger charge is 2.32. The third-order valence-electron chi connectivity index (χ3n) is 7.39. The minimum atomic E-state index is -0.682. The lowest BCUT2D eigenvalue weighted by atomic mass is 10.0. The normalized spacial score (nSPS) is 14.2. The zero-order valence-electron chi connectivity index (χ0n) is 22.2. The molecule has 0 saturated heterocycles. The second kappa shape index (κ2) is 13.5. The van der Waals surface area contributed by atoms with Gasteiger partial charge in [-0.25, -0.2) is 0 Å². The Morgan fingerprint density at radius 1 is 0.875 bits per heavy atom. The lowest BCUT2D eigenvalue weighted by Gasteiger charge is -2.32. The number of ether oxygens (including phenoxy) is 1. The zero-order valence-corrected chi connectivity index (χ0v) is 25.4. The highest BCUT2D eigenvalue weighted by Crippen LogP contribution is 2.33. The Morgan fingerprint density at radius 2 is 1.60 bits per heavy atom. The number of rotatable bonds is 10. The van der Waals surface area contributed by atoms with Crippen molar-refractivity contribution in [2.75, 3.05) is 6.61 Å². The third-order valence-corrected chi connectivity index (χ3v) is 8.70. The Bertz CT molecular complexity index is 1470. The van der Waals surface area contributed by atoms with Gasteiger partial charge in [0.1, 0.15) is 11.8 Å². The average Bonchev–Trinajstić information content (AvgIpc) is 3.48. The first-order valence-electron chi connectivity index (χ1n) is 13.7. The summed E-state index contributed by atoms with van der Waals surface area (Å²) in [5.74, 6) is 0.220. The summed E-state index contributed by atoms with van der Waals surface area (Å²) in [6.07, 6.45) is 4.59. The monoisotopic (exact) mass is 662 g/mol.